The first-order chi connectivity index (χ1) is 14.2. The third-order valence-corrected chi connectivity index (χ3v) is 5.23. The van der Waals surface area contributed by atoms with Crippen LogP contribution < -0.4 is 9.47 Å². The van der Waals surface area contributed by atoms with Crippen molar-refractivity contribution < 1.29 is 18.7 Å². The molecule has 0 saturated carbocycles. The van der Waals surface area contributed by atoms with Crippen molar-refractivity contribution in [2.75, 3.05) is 46.4 Å². The average Bonchev–Trinajstić information content (AvgIpc) is 3.21. The zero-order chi connectivity index (χ0) is 20.2. The molecule has 1 saturated heterocycles. The van der Waals surface area contributed by atoms with Crippen molar-refractivity contribution >= 4 is 16.8 Å². The lowest BCUT2D eigenvalue weighted by molar-refractivity contribution is 0.0615. The first-order valence-electron chi connectivity index (χ1n) is 9.70. The van der Waals surface area contributed by atoms with Crippen LogP contribution in [-0.4, -0.2) is 67.1 Å². The SMILES string of the molecule is COc1ccc(F)c2[nH]c(C(=O)N3CCN(CCOc4ccccc4)CC3)cc12. The van der Waals surface area contributed by atoms with E-state index < -0.39 is 5.82 Å². The van der Waals surface area contributed by atoms with Crippen molar-refractivity contribution in [3.63, 3.8) is 0 Å². The zero-order valence-electron chi connectivity index (χ0n) is 16.4. The second-order valence-electron chi connectivity index (χ2n) is 7.02. The Morgan fingerprint density at radius 1 is 1.10 bits per heavy atom. The second kappa shape index (κ2) is 8.53. The Bertz CT molecular complexity index is 982. The normalized spacial score (nSPS) is 14.9. The Hall–Kier alpha value is -3.06. The van der Waals surface area contributed by atoms with Gasteiger partial charge in [-0.3, -0.25) is 9.69 Å². The first kappa shape index (κ1) is 19.3. The summed E-state index contributed by atoms with van der Waals surface area (Å²) in [5.41, 5.74) is 0.675. The van der Waals surface area contributed by atoms with Crippen LogP contribution in [-0.2, 0) is 0 Å². The van der Waals surface area contributed by atoms with E-state index in [0.717, 1.165) is 25.4 Å². The fourth-order valence-corrected chi connectivity index (χ4v) is 3.61. The number of ether oxygens (including phenoxy) is 2. The van der Waals surface area contributed by atoms with E-state index in [4.69, 9.17) is 9.47 Å². The smallest absolute Gasteiger partial charge is 0.270 e. The van der Waals surface area contributed by atoms with Gasteiger partial charge in [0.2, 0.25) is 0 Å². The van der Waals surface area contributed by atoms with Crippen LogP contribution in [0.2, 0.25) is 0 Å². The number of methoxy groups -OCH3 is 1. The van der Waals surface area contributed by atoms with Crippen LogP contribution in [0, 0.1) is 5.82 Å². The maximum absolute atomic E-state index is 14.1. The molecule has 152 valence electrons. The molecule has 2 heterocycles. The van der Waals surface area contributed by atoms with Crippen LogP contribution in [0.1, 0.15) is 10.5 Å². The summed E-state index contributed by atoms with van der Waals surface area (Å²) in [6, 6.07) is 14.3. The number of piperazine rings is 1. The number of hydrogen-bond donors (Lipinski definition) is 1. The number of nitrogens with zero attached hydrogens (tertiary/aromatic N) is 2. The molecule has 0 atom stereocenters. The standard InChI is InChI=1S/C22H24FN3O3/c1-28-20-8-7-18(23)21-17(20)15-19(24-21)22(27)26-11-9-25(10-12-26)13-14-29-16-5-3-2-4-6-16/h2-8,15,24H,9-14H2,1H3. The van der Waals surface area contributed by atoms with Crippen molar-refractivity contribution in [2.24, 2.45) is 0 Å². The minimum atomic E-state index is -0.400. The fourth-order valence-electron chi connectivity index (χ4n) is 3.61. The minimum absolute atomic E-state index is 0.122. The summed E-state index contributed by atoms with van der Waals surface area (Å²) in [6.45, 7) is 4.23. The molecule has 4 rings (SSSR count). The number of halogens is 1. The van der Waals surface area contributed by atoms with Gasteiger partial charge >= 0.3 is 0 Å². The van der Waals surface area contributed by atoms with Gasteiger partial charge in [0.25, 0.3) is 5.91 Å². The molecule has 7 heteroatoms. The highest BCUT2D eigenvalue weighted by molar-refractivity contribution is 5.99. The molecule has 1 amide bonds. The Morgan fingerprint density at radius 3 is 2.59 bits per heavy atom. The van der Waals surface area contributed by atoms with Gasteiger partial charge in [0.05, 0.1) is 12.6 Å². The Morgan fingerprint density at radius 2 is 1.86 bits per heavy atom. The molecule has 1 aliphatic rings. The molecule has 1 aromatic heterocycles. The molecule has 1 fully saturated rings. The molecule has 1 aliphatic heterocycles. The van der Waals surface area contributed by atoms with E-state index in [1.807, 2.05) is 30.3 Å². The topological polar surface area (TPSA) is 57.8 Å². The largest absolute Gasteiger partial charge is 0.496 e. The predicted octanol–water partition coefficient (Wildman–Crippen LogP) is 3.15. The molecule has 0 bridgehead atoms. The number of benzene rings is 2. The van der Waals surface area contributed by atoms with Gasteiger partial charge in [0.15, 0.2) is 0 Å². The van der Waals surface area contributed by atoms with Gasteiger partial charge in [0.1, 0.15) is 29.6 Å². The van der Waals surface area contributed by atoms with Gasteiger partial charge in [0, 0.05) is 38.1 Å². The fraction of sp³-hybridized carbons (Fsp3) is 0.318. The van der Waals surface area contributed by atoms with Crippen LogP contribution >= 0.6 is 0 Å². The molecular formula is C22H24FN3O3. The van der Waals surface area contributed by atoms with Crippen LogP contribution in [0.3, 0.4) is 0 Å². The van der Waals surface area contributed by atoms with E-state index in [0.29, 0.717) is 42.0 Å². The third-order valence-electron chi connectivity index (χ3n) is 5.23. The molecule has 0 radical (unpaired) electrons. The third kappa shape index (κ3) is 4.19. The summed E-state index contributed by atoms with van der Waals surface area (Å²) >= 11 is 0. The summed E-state index contributed by atoms with van der Waals surface area (Å²) in [5.74, 6) is 0.883. The van der Waals surface area contributed by atoms with E-state index in [9.17, 15) is 9.18 Å². The zero-order valence-corrected chi connectivity index (χ0v) is 16.4. The molecule has 2 aromatic carbocycles. The molecule has 1 N–H and O–H groups in total. The summed E-state index contributed by atoms with van der Waals surface area (Å²) in [4.78, 5) is 19.9. The van der Waals surface area contributed by atoms with Gasteiger partial charge in [-0.2, -0.15) is 0 Å². The van der Waals surface area contributed by atoms with Gasteiger partial charge in [-0.15, -0.1) is 0 Å². The highest BCUT2D eigenvalue weighted by Crippen LogP contribution is 2.29. The maximum Gasteiger partial charge on any atom is 0.270 e. The minimum Gasteiger partial charge on any atom is -0.496 e. The Kier molecular flexibility index (Phi) is 5.67. The highest BCUT2D eigenvalue weighted by atomic mass is 19.1. The van der Waals surface area contributed by atoms with Crippen molar-refractivity contribution in [1.29, 1.82) is 0 Å². The predicted molar refractivity (Wildman–Crippen MR) is 109 cm³/mol. The van der Waals surface area contributed by atoms with Crippen molar-refractivity contribution in [3.8, 4) is 11.5 Å². The monoisotopic (exact) mass is 397 g/mol. The summed E-state index contributed by atoms with van der Waals surface area (Å²) in [7, 11) is 1.53. The van der Waals surface area contributed by atoms with Gasteiger partial charge in [-0.05, 0) is 30.3 Å². The molecule has 0 aliphatic carbocycles. The molecule has 29 heavy (non-hydrogen) atoms. The number of nitrogens with one attached hydrogen (secondary N) is 1. The summed E-state index contributed by atoms with van der Waals surface area (Å²) in [6.07, 6.45) is 0. The second-order valence-corrected chi connectivity index (χ2v) is 7.02. The lowest BCUT2D eigenvalue weighted by atomic mass is 10.2. The molecule has 3 aromatic rings. The highest BCUT2D eigenvalue weighted by Gasteiger charge is 2.24. The number of amides is 1. The lowest BCUT2D eigenvalue weighted by Gasteiger charge is -2.34. The molecule has 0 unspecified atom stereocenters. The molecular weight excluding hydrogens is 373 g/mol. The lowest BCUT2D eigenvalue weighted by Crippen LogP contribution is -2.49. The number of aromatic amines is 1. The average molecular weight is 397 g/mol. The summed E-state index contributed by atoms with van der Waals surface area (Å²) in [5, 5.41) is 0.576. The van der Waals surface area contributed by atoms with Gasteiger partial charge in [-0.25, -0.2) is 4.39 Å². The van der Waals surface area contributed by atoms with Crippen LogP contribution in [0.5, 0.6) is 11.5 Å². The van der Waals surface area contributed by atoms with Gasteiger partial charge in [-0.1, -0.05) is 18.2 Å². The number of carbonyl (C=O) groups is 1. The number of fused-ring (bicyclic) bond motifs is 1. The van der Waals surface area contributed by atoms with E-state index in [1.165, 1.54) is 13.2 Å². The quantitative estimate of drug-likeness (QED) is 0.694. The van der Waals surface area contributed by atoms with E-state index in [-0.39, 0.29) is 5.91 Å². The maximum atomic E-state index is 14.1. The van der Waals surface area contributed by atoms with E-state index >= 15 is 0 Å². The van der Waals surface area contributed by atoms with Crippen molar-refractivity contribution in [2.45, 2.75) is 0 Å². The number of carbonyl (C=O) groups excluding carboxylic acids is 1. The summed E-state index contributed by atoms with van der Waals surface area (Å²) < 4.78 is 25.1. The molecule has 0 spiro atoms. The van der Waals surface area contributed by atoms with Crippen molar-refractivity contribution in [3.05, 3.63) is 60.0 Å². The van der Waals surface area contributed by atoms with Crippen molar-refractivity contribution in [1.82, 2.24) is 14.8 Å². The Balaban J connectivity index is 1.33. The number of rotatable bonds is 6. The number of para-hydroxylation sites is 1. The molecule has 6 nitrogen and oxygen atoms in total. The Labute approximate surface area is 168 Å². The number of hydrogen-bond acceptors (Lipinski definition) is 4. The number of aromatic nitrogens is 1. The van der Waals surface area contributed by atoms with Crippen LogP contribution in [0.25, 0.3) is 10.9 Å². The van der Waals surface area contributed by atoms with E-state index in [2.05, 4.69) is 9.88 Å². The van der Waals surface area contributed by atoms with Crippen LogP contribution in [0.15, 0.2) is 48.5 Å². The van der Waals surface area contributed by atoms with E-state index in [1.54, 1.807) is 17.0 Å². The van der Waals surface area contributed by atoms with Gasteiger partial charge < -0.3 is 19.4 Å². The number of H-pyrrole nitrogens is 1. The first-order valence-corrected chi connectivity index (χ1v) is 9.70. The van der Waals surface area contributed by atoms with Crippen LogP contribution in [0.4, 0.5) is 4.39 Å².